The van der Waals surface area contributed by atoms with E-state index in [-0.39, 0.29) is 11.7 Å². The summed E-state index contributed by atoms with van der Waals surface area (Å²) < 4.78 is 29.5. The first-order valence-corrected chi connectivity index (χ1v) is 8.28. The van der Waals surface area contributed by atoms with Gasteiger partial charge in [-0.2, -0.15) is 0 Å². The zero-order valence-corrected chi connectivity index (χ0v) is 12.9. The summed E-state index contributed by atoms with van der Waals surface area (Å²) in [6, 6.07) is 15.5. The molecule has 0 saturated carbocycles. The van der Waals surface area contributed by atoms with Gasteiger partial charge in [0.25, 0.3) is 10.0 Å². The van der Waals surface area contributed by atoms with E-state index < -0.39 is 10.0 Å². The van der Waals surface area contributed by atoms with Crippen LogP contribution in [0.15, 0.2) is 64.1 Å². The average molecular weight is 338 g/mol. The van der Waals surface area contributed by atoms with Crippen LogP contribution in [0.4, 0.5) is 0 Å². The van der Waals surface area contributed by atoms with Crippen LogP contribution in [0.2, 0.25) is 5.02 Å². The maximum absolute atomic E-state index is 12.1. The van der Waals surface area contributed by atoms with E-state index in [9.17, 15) is 8.42 Å². The maximum Gasteiger partial charge on any atom is 0.295 e. The number of benzene rings is 2. The van der Waals surface area contributed by atoms with Crippen molar-refractivity contribution in [1.29, 1.82) is 0 Å². The Hall–Kier alpha value is -1.86. The molecule has 2 aromatic carbocycles. The number of fused-ring (bicyclic) bond motifs is 1. The normalized spacial score (nSPS) is 11.9. The van der Waals surface area contributed by atoms with E-state index >= 15 is 0 Å². The van der Waals surface area contributed by atoms with E-state index in [0.29, 0.717) is 21.6 Å². The Bertz CT molecular complexity index is 872. The molecule has 0 aliphatic heterocycles. The van der Waals surface area contributed by atoms with Crippen LogP contribution in [0.25, 0.3) is 11.0 Å². The number of para-hydroxylation sites is 1. The van der Waals surface area contributed by atoms with Crippen molar-refractivity contribution in [3.8, 4) is 0 Å². The zero-order chi connectivity index (χ0) is 15.6. The Morgan fingerprint density at radius 2 is 1.82 bits per heavy atom. The summed E-state index contributed by atoms with van der Waals surface area (Å²) in [5, 5.41) is 1.01. The lowest BCUT2D eigenvalue weighted by molar-refractivity contribution is 0.0785. The van der Waals surface area contributed by atoms with Crippen molar-refractivity contribution >= 4 is 32.6 Å². The molecule has 22 heavy (non-hydrogen) atoms. The first kappa shape index (κ1) is 15.1. The molecule has 0 fully saturated rings. The van der Waals surface area contributed by atoms with Gasteiger partial charge in [-0.05, 0) is 17.7 Å². The highest BCUT2D eigenvalue weighted by atomic mass is 35.5. The minimum atomic E-state index is -3.89. The van der Waals surface area contributed by atoms with Crippen molar-refractivity contribution in [2.75, 3.05) is 0 Å². The number of rotatable bonds is 5. The van der Waals surface area contributed by atoms with Gasteiger partial charge in [-0.1, -0.05) is 52.9 Å². The Balaban J connectivity index is 1.72. The molecule has 5 nitrogen and oxygen atoms in total. The summed E-state index contributed by atoms with van der Waals surface area (Å²) >= 11 is 5.97. The van der Waals surface area contributed by atoms with E-state index in [1.165, 1.54) is 6.07 Å². The van der Waals surface area contributed by atoms with E-state index in [4.69, 9.17) is 20.9 Å². The van der Waals surface area contributed by atoms with Gasteiger partial charge in [-0.15, -0.1) is 0 Å². The van der Waals surface area contributed by atoms with Crippen LogP contribution in [0.3, 0.4) is 0 Å². The second kappa shape index (κ2) is 6.10. The van der Waals surface area contributed by atoms with Gasteiger partial charge in [-0.25, -0.2) is 8.42 Å². The minimum absolute atomic E-state index is 0.0130. The van der Waals surface area contributed by atoms with Gasteiger partial charge in [0.15, 0.2) is 0 Å². The van der Waals surface area contributed by atoms with Gasteiger partial charge >= 0.3 is 0 Å². The fraction of sp³-hybridized carbons (Fsp3) is 0.0667. The number of sulfonamides is 1. The van der Waals surface area contributed by atoms with E-state index in [0.717, 1.165) is 0 Å². The number of furan rings is 1. The molecule has 114 valence electrons. The van der Waals surface area contributed by atoms with Crippen molar-refractivity contribution in [3.05, 3.63) is 65.2 Å². The summed E-state index contributed by atoms with van der Waals surface area (Å²) in [4.78, 5) is 7.07. The summed E-state index contributed by atoms with van der Waals surface area (Å²) in [5.74, 6) is 0. The molecule has 0 atom stereocenters. The van der Waals surface area contributed by atoms with Crippen LogP contribution >= 0.6 is 11.6 Å². The summed E-state index contributed by atoms with van der Waals surface area (Å²) in [6.07, 6.45) is 0. The predicted molar refractivity (Wildman–Crippen MR) is 82.8 cm³/mol. The highest BCUT2D eigenvalue weighted by molar-refractivity contribution is 7.89. The van der Waals surface area contributed by atoms with Gasteiger partial charge in [-0.3, -0.25) is 4.84 Å². The lowest BCUT2D eigenvalue weighted by Crippen LogP contribution is -2.23. The third kappa shape index (κ3) is 3.15. The van der Waals surface area contributed by atoms with Gasteiger partial charge in [0.1, 0.15) is 5.58 Å². The van der Waals surface area contributed by atoms with Crippen LogP contribution in [-0.4, -0.2) is 8.42 Å². The lowest BCUT2D eigenvalue weighted by Gasteiger charge is -2.06. The quantitative estimate of drug-likeness (QED) is 0.723. The predicted octanol–water partition coefficient (Wildman–Crippen LogP) is 3.50. The number of nitrogens with one attached hydrogen (secondary N) is 1. The van der Waals surface area contributed by atoms with Crippen molar-refractivity contribution < 1.29 is 17.7 Å². The maximum atomic E-state index is 12.1. The molecule has 0 spiro atoms. The Kier molecular flexibility index (Phi) is 4.17. The molecule has 1 aromatic heterocycles. The fourth-order valence-corrected chi connectivity index (χ4v) is 2.90. The monoisotopic (exact) mass is 337 g/mol. The molecule has 0 radical (unpaired) electrons. The topological polar surface area (TPSA) is 68.5 Å². The molecular formula is C15H12ClNO4S. The SMILES string of the molecule is O=S(=O)(NOCc1ccccc1Cl)c1cc2ccccc2o1. The zero-order valence-electron chi connectivity index (χ0n) is 11.3. The van der Waals surface area contributed by atoms with E-state index in [2.05, 4.69) is 0 Å². The van der Waals surface area contributed by atoms with Crippen molar-refractivity contribution in [1.82, 2.24) is 4.89 Å². The molecular weight excluding hydrogens is 326 g/mol. The van der Waals surface area contributed by atoms with Crippen LogP contribution < -0.4 is 4.89 Å². The van der Waals surface area contributed by atoms with Gasteiger partial charge in [0, 0.05) is 16.5 Å². The molecule has 3 rings (SSSR count). The molecule has 0 saturated heterocycles. The second-order valence-corrected chi connectivity index (χ2v) is 6.55. The number of hydrogen-bond acceptors (Lipinski definition) is 4. The molecule has 0 unspecified atom stereocenters. The van der Waals surface area contributed by atoms with E-state index in [1.54, 1.807) is 48.5 Å². The van der Waals surface area contributed by atoms with Crippen LogP contribution in [0, 0.1) is 0 Å². The second-order valence-electron chi connectivity index (χ2n) is 4.57. The molecule has 1 N–H and O–H groups in total. The summed E-state index contributed by atoms with van der Waals surface area (Å²) in [7, 11) is -3.89. The standard InChI is InChI=1S/C15H12ClNO4S/c16-13-7-3-1-6-12(13)10-20-17-22(18,19)15-9-11-5-2-4-8-14(11)21-15/h1-9,17H,10H2. The number of halogens is 1. The lowest BCUT2D eigenvalue weighted by atomic mass is 10.2. The van der Waals surface area contributed by atoms with Gasteiger partial charge < -0.3 is 4.42 Å². The average Bonchev–Trinajstić information content (AvgIpc) is 2.94. The summed E-state index contributed by atoms with van der Waals surface area (Å²) in [6.45, 7) is 0.0130. The van der Waals surface area contributed by atoms with Crippen molar-refractivity contribution in [2.45, 2.75) is 11.7 Å². The van der Waals surface area contributed by atoms with Gasteiger partial charge in [0.05, 0.1) is 6.61 Å². The number of hydrogen-bond donors (Lipinski definition) is 1. The van der Waals surface area contributed by atoms with Crippen molar-refractivity contribution in [2.24, 2.45) is 0 Å². The molecule has 0 aliphatic carbocycles. The van der Waals surface area contributed by atoms with Gasteiger partial charge in [0.2, 0.25) is 5.09 Å². The van der Waals surface area contributed by atoms with Crippen LogP contribution in [0.1, 0.15) is 5.56 Å². The Morgan fingerprint density at radius 3 is 2.59 bits per heavy atom. The minimum Gasteiger partial charge on any atom is -0.443 e. The summed E-state index contributed by atoms with van der Waals surface area (Å²) in [5.41, 5.74) is 1.17. The molecule has 0 aliphatic rings. The third-order valence-corrected chi connectivity index (χ3v) is 4.46. The highest BCUT2D eigenvalue weighted by Crippen LogP contribution is 2.22. The highest BCUT2D eigenvalue weighted by Gasteiger charge is 2.19. The first-order valence-electron chi connectivity index (χ1n) is 6.42. The van der Waals surface area contributed by atoms with Crippen molar-refractivity contribution in [3.63, 3.8) is 0 Å². The molecule has 0 bridgehead atoms. The third-order valence-electron chi connectivity index (χ3n) is 3.02. The largest absolute Gasteiger partial charge is 0.443 e. The fourth-order valence-electron chi connectivity index (χ4n) is 1.93. The smallest absolute Gasteiger partial charge is 0.295 e. The van der Waals surface area contributed by atoms with Crippen LogP contribution in [-0.2, 0) is 21.5 Å². The van der Waals surface area contributed by atoms with Crippen LogP contribution in [0.5, 0.6) is 0 Å². The molecule has 3 aromatic rings. The Morgan fingerprint density at radius 1 is 1.09 bits per heavy atom. The first-order chi connectivity index (χ1) is 10.6. The Labute approximate surface area is 132 Å². The van der Waals surface area contributed by atoms with E-state index in [1.807, 2.05) is 4.89 Å². The molecule has 7 heteroatoms. The molecule has 1 heterocycles. The molecule has 0 amide bonds.